The first-order valence-corrected chi connectivity index (χ1v) is 11.5. The van der Waals surface area contributed by atoms with Gasteiger partial charge < -0.3 is 20.1 Å². The first kappa shape index (κ1) is 24.5. The molecule has 0 heterocycles. The monoisotopic (exact) mass is 466 g/mol. The molecule has 0 spiro atoms. The number of nitrogens with one attached hydrogen (secondary N) is 2. The van der Waals surface area contributed by atoms with Crippen molar-refractivity contribution < 1.29 is 14.3 Å². The molecular formula is C27H31ClN2O3. The van der Waals surface area contributed by atoms with Crippen molar-refractivity contribution in [1.29, 1.82) is 0 Å². The highest BCUT2D eigenvalue weighted by atomic mass is 35.5. The third-order valence-corrected chi connectivity index (χ3v) is 6.08. The highest BCUT2D eigenvalue weighted by Crippen LogP contribution is 2.32. The molecule has 0 aliphatic rings. The maximum atomic E-state index is 12.2. The molecule has 0 radical (unpaired) electrons. The molecule has 0 saturated heterocycles. The lowest BCUT2D eigenvalue weighted by molar-refractivity contribution is 0.252. The molecule has 3 rings (SSSR count). The Bertz CT molecular complexity index is 989. The molecule has 0 fully saturated rings. The number of hydrogen-bond donors (Lipinski definition) is 2. The molecular weight excluding hydrogens is 436 g/mol. The van der Waals surface area contributed by atoms with Crippen LogP contribution in [-0.4, -0.2) is 26.8 Å². The van der Waals surface area contributed by atoms with E-state index in [1.165, 1.54) is 11.1 Å². The number of benzene rings is 3. The number of rotatable bonds is 10. The minimum Gasteiger partial charge on any atom is -0.497 e. The molecule has 0 atom stereocenters. The zero-order valence-electron chi connectivity index (χ0n) is 19.4. The third kappa shape index (κ3) is 7.16. The van der Waals surface area contributed by atoms with Gasteiger partial charge in [0.1, 0.15) is 11.5 Å². The molecule has 0 aliphatic carbocycles. The smallest absolute Gasteiger partial charge is 0.319 e. The Kier molecular flexibility index (Phi) is 9.02. The summed E-state index contributed by atoms with van der Waals surface area (Å²) in [4.78, 5) is 12.2. The summed E-state index contributed by atoms with van der Waals surface area (Å²) < 4.78 is 10.6. The van der Waals surface area contributed by atoms with Gasteiger partial charge in [0.2, 0.25) is 0 Å². The highest BCUT2D eigenvalue weighted by molar-refractivity contribution is 6.31. The van der Waals surface area contributed by atoms with Crippen molar-refractivity contribution >= 4 is 23.3 Å². The van der Waals surface area contributed by atoms with Gasteiger partial charge in [0.25, 0.3) is 0 Å². The van der Waals surface area contributed by atoms with Crippen molar-refractivity contribution in [1.82, 2.24) is 5.32 Å². The number of anilines is 1. The standard InChI is InChI=1S/C27H31ClN2O3/c1-19-18-22(11-16-26(19)28)30-27(31)29-17-5-4-6-25(20-7-12-23(32-2)13-8-20)21-9-14-24(33-3)15-10-21/h7-16,18,25H,4-6,17H2,1-3H3,(H2,29,30,31). The minimum atomic E-state index is -0.210. The second kappa shape index (κ2) is 12.2. The first-order valence-electron chi connectivity index (χ1n) is 11.1. The van der Waals surface area contributed by atoms with Gasteiger partial charge in [0.15, 0.2) is 0 Å². The van der Waals surface area contributed by atoms with Gasteiger partial charge in [-0.25, -0.2) is 4.79 Å². The second-order valence-corrected chi connectivity index (χ2v) is 8.35. The Morgan fingerprint density at radius 2 is 1.45 bits per heavy atom. The Labute approximate surface area is 201 Å². The molecule has 0 saturated carbocycles. The Morgan fingerprint density at radius 1 is 0.879 bits per heavy atom. The van der Waals surface area contributed by atoms with E-state index < -0.39 is 0 Å². The third-order valence-electron chi connectivity index (χ3n) is 5.66. The van der Waals surface area contributed by atoms with Gasteiger partial charge in [0.05, 0.1) is 14.2 Å². The largest absolute Gasteiger partial charge is 0.497 e. The van der Waals surface area contributed by atoms with Crippen LogP contribution in [0.3, 0.4) is 0 Å². The molecule has 5 nitrogen and oxygen atoms in total. The van der Waals surface area contributed by atoms with E-state index in [0.717, 1.165) is 42.0 Å². The van der Waals surface area contributed by atoms with E-state index in [1.54, 1.807) is 26.4 Å². The normalized spacial score (nSPS) is 10.7. The molecule has 174 valence electrons. The van der Waals surface area contributed by atoms with Crippen molar-refractivity contribution in [3.63, 3.8) is 0 Å². The number of carbonyl (C=O) groups is 1. The predicted octanol–water partition coefficient (Wildman–Crippen LogP) is 6.79. The van der Waals surface area contributed by atoms with Gasteiger partial charge in [-0.15, -0.1) is 0 Å². The number of hydrogen-bond acceptors (Lipinski definition) is 3. The van der Waals surface area contributed by atoms with E-state index in [2.05, 4.69) is 34.9 Å². The van der Waals surface area contributed by atoms with Crippen LogP contribution in [0.4, 0.5) is 10.5 Å². The van der Waals surface area contributed by atoms with Crippen LogP contribution in [0.5, 0.6) is 11.5 Å². The fourth-order valence-electron chi connectivity index (χ4n) is 3.77. The predicted molar refractivity (Wildman–Crippen MR) is 135 cm³/mol. The molecule has 0 bridgehead atoms. The number of carbonyl (C=O) groups excluding carboxylic acids is 1. The lowest BCUT2D eigenvalue weighted by atomic mass is 9.87. The molecule has 2 N–H and O–H groups in total. The van der Waals surface area contributed by atoms with Crippen LogP contribution in [0.1, 0.15) is 41.9 Å². The topological polar surface area (TPSA) is 59.6 Å². The van der Waals surface area contributed by atoms with E-state index in [1.807, 2.05) is 37.3 Å². The molecule has 0 aliphatic heterocycles. The number of methoxy groups -OCH3 is 2. The number of amides is 2. The van der Waals surface area contributed by atoms with Gasteiger partial charge >= 0.3 is 6.03 Å². The zero-order valence-corrected chi connectivity index (χ0v) is 20.1. The molecule has 0 unspecified atom stereocenters. The second-order valence-electron chi connectivity index (χ2n) is 7.94. The van der Waals surface area contributed by atoms with E-state index in [4.69, 9.17) is 21.1 Å². The lowest BCUT2D eigenvalue weighted by Gasteiger charge is -2.19. The summed E-state index contributed by atoms with van der Waals surface area (Å²) in [6, 6.07) is 21.7. The summed E-state index contributed by atoms with van der Waals surface area (Å²) in [7, 11) is 3.35. The van der Waals surface area contributed by atoms with E-state index in [9.17, 15) is 4.79 Å². The number of ether oxygens (including phenoxy) is 2. The van der Waals surface area contributed by atoms with E-state index in [-0.39, 0.29) is 11.9 Å². The fourth-order valence-corrected chi connectivity index (χ4v) is 3.89. The van der Waals surface area contributed by atoms with Crippen molar-refractivity contribution in [3.8, 4) is 11.5 Å². The van der Waals surface area contributed by atoms with Crippen LogP contribution < -0.4 is 20.1 Å². The van der Waals surface area contributed by atoms with E-state index >= 15 is 0 Å². The number of halogens is 1. The van der Waals surface area contributed by atoms with Crippen molar-refractivity contribution in [2.75, 3.05) is 26.1 Å². The zero-order chi connectivity index (χ0) is 23.6. The van der Waals surface area contributed by atoms with Crippen LogP contribution in [-0.2, 0) is 0 Å². The average molecular weight is 467 g/mol. The van der Waals surface area contributed by atoms with Crippen LogP contribution in [0.2, 0.25) is 5.02 Å². The molecule has 3 aromatic rings. The van der Waals surface area contributed by atoms with Crippen LogP contribution in [0.25, 0.3) is 0 Å². The molecule has 33 heavy (non-hydrogen) atoms. The SMILES string of the molecule is COc1ccc(C(CCCCNC(=O)Nc2ccc(Cl)c(C)c2)c2ccc(OC)cc2)cc1. The summed E-state index contributed by atoms with van der Waals surface area (Å²) in [5.74, 6) is 1.95. The molecule has 2 amide bonds. The van der Waals surface area contributed by atoms with Crippen molar-refractivity contribution in [2.45, 2.75) is 32.1 Å². The fraction of sp³-hybridized carbons (Fsp3) is 0.296. The van der Waals surface area contributed by atoms with Gasteiger partial charge in [-0.05, 0) is 78.9 Å². The van der Waals surface area contributed by atoms with Crippen molar-refractivity contribution in [2.24, 2.45) is 0 Å². The molecule has 6 heteroatoms. The lowest BCUT2D eigenvalue weighted by Crippen LogP contribution is -2.29. The Balaban J connectivity index is 1.54. The van der Waals surface area contributed by atoms with Crippen molar-refractivity contribution in [3.05, 3.63) is 88.4 Å². The summed E-state index contributed by atoms with van der Waals surface area (Å²) in [6.45, 7) is 2.52. The minimum absolute atomic E-state index is 0.210. The molecule has 0 aromatic heterocycles. The maximum Gasteiger partial charge on any atom is 0.319 e. The maximum absolute atomic E-state index is 12.2. The Morgan fingerprint density at radius 3 is 1.97 bits per heavy atom. The quantitative estimate of drug-likeness (QED) is 0.323. The summed E-state index contributed by atoms with van der Waals surface area (Å²) >= 11 is 6.04. The Hall–Kier alpha value is -3.18. The molecule has 3 aromatic carbocycles. The first-order chi connectivity index (χ1) is 16.0. The van der Waals surface area contributed by atoms with E-state index in [0.29, 0.717) is 11.6 Å². The number of urea groups is 1. The van der Waals surface area contributed by atoms with Crippen LogP contribution in [0.15, 0.2) is 66.7 Å². The van der Waals surface area contributed by atoms with Crippen LogP contribution in [0, 0.1) is 6.92 Å². The summed E-state index contributed by atoms with van der Waals surface area (Å²) in [5, 5.41) is 6.47. The summed E-state index contributed by atoms with van der Waals surface area (Å²) in [5.41, 5.74) is 4.14. The summed E-state index contributed by atoms with van der Waals surface area (Å²) in [6.07, 6.45) is 2.83. The van der Waals surface area contributed by atoms with Gasteiger partial charge in [0, 0.05) is 23.2 Å². The van der Waals surface area contributed by atoms with Gasteiger partial charge in [-0.2, -0.15) is 0 Å². The average Bonchev–Trinajstić information content (AvgIpc) is 2.84. The van der Waals surface area contributed by atoms with Gasteiger partial charge in [-0.3, -0.25) is 0 Å². The van der Waals surface area contributed by atoms with Gasteiger partial charge in [-0.1, -0.05) is 42.3 Å². The van der Waals surface area contributed by atoms with Crippen LogP contribution >= 0.6 is 11.6 Å². The number of unbranched alkanes of at least 4 members (excludes halogenated alkanes) is 1. The number of aryl methyl sites for hydroxylation is 1. The highest BCUT2D eigenvalue weighted by Gasteiger charge is 2.15.